The Morgan fingerprint density at radius 1 is 1.18 bits per heavy atom. The van der Waals surface area contributed by atoms with Crippen LogP contribution in [-0.4, -0.2) is 51.0 Å². The van der Waals surface area contributed by atoms with Crippen molar-refractivity contribution in [3.05, 3.63) is 70.4 Å². The van der Waals surface area contributed by atoms with Crippen LogP contribution in [0, 0.1) is 0 Å². The molecule has 2 aromatic carbocycles. The lowest BCUT2D eigenvalue weighted by Crippen LogP contribution is -2.46. The van der Waals surface area contributed by atoms with Crippen LogP contribution in [0.5, 0.6) is 5.75 Å². The summed E-state index contributed by atoms with van der Waals surface area (Å²) in [6.45, 7) is 7.67. The summed E-state index contributed by atoms with van der Waals surface area (Å²) < 4.78 is 5.84. The zero-order chi connectivity index (χ0) is 23.8. The van der Waals surface area contributed by atoms with E-state index in [0.29, 0.717) is 6.61 Å². The Balaban J connectivity index is 0.000000471. The van der Waals surface area contributed by atoms with Crippen molar-refractivity contribution in [1.82, 2.24) is 9.88 Å². The molecule has 0 saturated heterocycles. The molecule has 3 aromatic rings. The first-order valence-corrected chi connectivity index (χ1v) is 11.1. The second-order valence-electron chi connectivity index (χ2n) is 9.22. The van der Waals surface area contributed by atoms with Crippen LogP contribution in [-0.2, 0) is 11.2 Å². The van der Waals surface area contributed by atoms with E-state index in [0.717, 1.165) is 44.9 Å². The van der Waals surface area contributed by atoms with Gasteiger partial charge in [-0.05, 0) is 57.5 Å². The molecule has 2 N–H and O–H groups in total. The molecule has 0 saturated carbocycles. The van der Waals surface area contributed by atoms with Crippen molar-refractivity contribution in [2.24, 2.45) is 4.99 Å². The van der Waals surface area contributed by atoms with E-state index in [1.807, 2.05) is 60.5 Å². The minimum absolute atomic E-state index is 0.131. The van der Waals surface area contributed by atoms with E-state index in [9.17, 15) is 9.90 Å². The normalized spacial score (nSPS) is 16.8. The third-order valence-electron chi connectivity index (χ3n) is 5.35. The lowest BCUT2D eigenvalue weighted by atomic mass is 9.97. The summed E-state index contributed by atoms with van der Waals surface area (Å²) in [6, 6.07) is 13.8. The average molecular weight is 448 g/mol. The fraction of sp³-hybridized carbons (Fsp3) is 0.346. The second-order valence-corrected chi connectivity index (χ2v) is 9.22. The van der Waals surface area contributed by atoms with Crippen LogP contribution >= 0.6 is 0 Å². The van der Waals surface area contributed by atoms with Crippen LogP contribution in [0.3, 0.4) is 0 Å². The molecular weight excluding hydrogens is 418 g/mol. The maximum Gasteiger partial charge on any atom is 0.323 e. The van der Waals surface area contributed by atoms with Gasteiger partial charge in [0.15, 0.2) is 0 Å². The van der Waals surface area contributed by atoms with E-state index in [-0.39, 0.29) is 12.7 Å². The predicted molar refractivity (Wildman–Crippen MR) is 126 cm³/mol. The van der Waals surface area contributed by atoms with Gasteiger partial charge in [0.2, 0.25) is 0 Å². The Hall–Kier alpha value is -3.45. The number of para-hydroxylation sites is 1. The molecule has 2 aliphatic heterocycles. The highest BCUT2D eigenvalue weighted by molar-refractivity contribution is 5.97. The summed E-state index contributed by atoms with van der Waals surface area (Å²) >= 11 is 0. The van der Waals surface area contributed by atoms with Gasteiger partial charge in [-0.1, -0.05) is 18.2 Å². The number of carbonyl (C=O) groups is 1. The summed E-state index contributed by atoms with van der Waals surface area (Å²) in [5.74, 6) is -0.0572. The standard InChI is InChI=1S/C22H19N3O3.C4H10O/c1-13-24-17-5-3-2-4-15(17)22(25(13)12-19(26)27)16-6-7-18-20-14(9-11-28-18)8-10-23-21(16)20;1-4(2,3)5/h2-8,10,13H,9,11-12H2,1H3,(H,26,27);5H,1-3H3. The number of carboxylic acid groups (broad SMARTS) is 1. The number of hydrogen-bond acceptors (Lipinski definition) is 6. The van der Waals surface area contributed by atoms with Gasteiger partial charge in [0.25, 0.3) is 0 Å². The minimum atomic E-state index is -0.891. The van der Waals surface area contributed by atoms with Crippen molar-refractivity contribution in [1.29, 1.82) is 0 Å². The van der Waals surface area contributed by atoms with Crippen molar-refractivity contribution in [3.63, 3.8) is 0 Å². The number of ether oxygens (including phenoxy) is 1. The highest BCUT2D eigenvalue weighted by Crippen LogP contribution is 2.36. The van der Waals surface area contributed by atoms with Gasteiger partial charge >= 0.3 is 5.97 Å². The van der Waals surface area contributed by atoms with Gasteiger partial charge in [-0.2, -0.15) is 0 Å². The summed E-state index contributed by atoms with van der Waals surface area (Å²) in [5, 5.41) is 20.8. The molecule has 0 spiro atoms. The van der Waals surface area contributed by atoms with Gasteiger partial charge in [0.1, 0.15) is 18.5 Å². The first kappa shape index (κ1) is 22.7. The number of benzene rings is 2. The fourth-order valence-electron chi connectivity index (χ4n) is 4.15. The van der Waals surface area contributed by atoms with Crippen LogP contribution in [0.25, 0.3) is 16.6 Å². The maximum atomic E-state index is 11.6. The molecule has 1 unspecified atom stereocenters. The topological polar surface area (TPSA) is 95.3 Å². The van der Waals surface area contributed by atoms with E-state index in [1.165, 1.54) is 5.56 Å². The summed E-state index contributed by atoms with van der Waals surface area (Å²) in [4.78, 5) is 22.8. The van der Waals surface area contributed by atoms with Gasteiger partial charge in [-0.3, -0.25) is 14.8 Å². The van der Waals surface area contributed by atoms with Crippen LogP contribution in [0.4, 0.5) is 0 Å². The number of rotatable bonds is 3. The van der Waals surface area contributed by atoms with Crippen LogP contribution in [0.15, 0.2) is 53.7 Å². The first-order valence-electron chi connectivity index (χ1n) is 11.1. The van der Waals surface area contributed by atoms with E-state index in [2.05, 4.69) is 4.98 Å². The van der Waals surface area contributed by atoms with E-state index < -0.39 is 11.6 Å². The molecule has 7 heteroatoms. The molecule has 0 aliphatic carbocycles. The van der Waals surface area contributed by atoms with Crippen molar-refractivity contribution in [3.8, 4) is 5.75 Å². The monoisotopic (exact) mass is 447 g/mol. The Morgan fingerprint density at radius 2 is 1.91 bits per heavy atom. The highest BCUT2D eigenvalue weighted by atomic mass is 16.5. The largest absolute Gasteiger partial charge is 0.493 e. The van der Waals surface area contributed by atoms with Crippen molar-refractivity contribution in [2.75, 3.05) is 13.2 Å². The number of aliphatic carboxylic acids is 1. The average Bonchev–Trinajstić information content (AvgIpc) is 2.74. The Bertz CT molecular complexity index is 1310. The number of pyridine rings is 1. The van der Waals surface area contributed by atoms with Crippen molar-refractivity contribution >= 4 is 22.6 Å². The highest BCUT2D eigenvalue weighted by Gasteiger charge is 2.27. The molecule has 0 radical (unpaired) electrons. The van der Waals surface area contributed by atoms with Gasteiger partial charge in [-0.25, -0.2) is 0 Å². The minimum Gasteiger partial charge on any atom is -0.493 e. The molecule has 1 aromatic heterocycles. The van der Waals surface area contributed by atoms with E-state index >= 15 is 0 Å². The van der Waals surface area contributed by atoms with Gasteiger partial charge in [0, 0.05) is 28.8 Å². The van der Waals surface area contributed by atoms with Crippen LogP contribution in [0.2, 0.25) is 0 Å². The lowest BCUT2D eigenvalue weighted by molar-refractivity contribution is -0.137. The molecule has 0 bridgehead atoms. The van der Waals surface area contributed by atoms with Crippen LogP contribution in [0.1, 0.15) is 38.8 Å². The van der Waals surface area contributed by atoms with E-state index in [1.54, 1.807) is 20.8 Å². The molecule has 7 nitrogen and oxygen atoms in total. The molecule has 5 rings (SSSR count). The number of carboxylic acids is 1. The molecular formula is C26H29N3O4. The van der Waals surface area contributed by atoms with Crippen molar-refractivity contribution in [2.45, 2.75) is 45.9 Å². The third kappa shape index (κ3) is 4.83. The zero-order valence-corrected chi connectivity index (χ0v) is 19.4. The van der Waals surface area contributed by atoms with E-state index in [4.69, 9.17) is 14.8 Å². The fourth-order valence-corrected chi connectivity index (χ4v) is 4.15. The van der Waals surface area contributed by atoms with Crippen molar-refractivity contribution < 1.29 is 19.7 Å². The molecule has 0 amide bonds. The first-order chi connectivity index (χ1) is 15.6. The molecule has 172 valence electrons. The SMILES string of the molecule is CC(C)(C)O.CC1N=c2ccccc2=C(c2ccc3c4c(ccnc24)CCO3)N1CC(=O)O. The molecule has 1 atom stereocenters. The lowest BCUT2D eigenvalue weighted by Gasteiger charge is -2.33. The Morgan fingerprint density at radius 3 is 2.64 bits per heavy atom. The number of nitrogens with zero attached hydrogens (tertiary/aromatic N) is 3. The number of fused-ring (bicyclic) bond motifs is 1. The Kier molecular flexibility index (Phi) is 6.08. The van der Waals surface area contributed by atoms with Gasteiger partial charge < -0.3 is 19.8 Å². The number of aromatic nitrogens is 1. The molecule has 0 fully saturated rings. The maximum absolute atomic E-state index is 11.6. The molecule has 3 heterocycles. The quantitative estimate of drug-likeness (QED) is 0.641. The summed E-state index contributed by atoms with van der Waals surface area (Å²) in [6.07, 6.45) is 2.37. The van der Waals surface area contributed by atoms with Gasteiger partial charge in [0.05, 0.1) is 28.8 Å². The smallest absolute Gasteiger partial charge is 0.323 e. The third-order valence-corrected chi connectivity index (χ3v) is 5.35. The Labute approximate surface area is 192 Å². The molecule has 33 heavy (non-hydrogen) atoms. The number of aliphatic hydroxyl groups is 1. The second kappa shape index (κ2) is 8.83. The van der Waals surface area contributed by atoms with Crippen LogP contribution < -0.4 is 15.3 Å². The number of hydrogen-bond donors (Lipinski definition) is 2. The summed E-state index contributed by atoms with van der Waals surface area (Å²) in [5.41, 5.74) is 3.30. The summed E-state index contributed by atoms with van der Waals surface area (Å²) in [7, 11) is 0. The zero-order valence-electron chi connectivity index (χ0n) is 19.4. The molecule has 2 aliphatic rings. The predicted octanol–water partition coefficient (Wildman–Crippen LogP) is 2.47. The van der Waals surface area contributed by atoms with Gasteiger partial charge in [-0.15, -0.1) is 0 Å².